The summed E-state index contributed by atoms with van der Waals surface area (Å²) in [5, 5.41) is 9.07. The molecule has 0 amide bonds. The van der Waals surface area contributed by atoms with Gasteiger partial charge in [-0.05, 0) is 25.7 Å². The Labute approximate surface area is 172 Å². The Balaban J connectivity index is 0. The summed E-state index contributed by atoms with van der Waals surface area (Å²) in [6.07, 6.45) is 12.4. The summed E-state index contributed by atoms with van der Waals surface area (Å²) in [6, 6.07) is 0. The van der Waals surface area contributed by atoms with E-state index < -0.39 is 21.5 Å². The molecule has 24 heavy (non-hydrogen) atoms. The fourth-order valence-electron chi connectivity index (χ4n) is 2.91. The van der Waals surface area contributed by atoms with Gasteiger partial charge in [-0.15, -0.1) is 0 Å². The third-order valence-electron chi connectivity index (χ3n) is 4.50. The zero-order valence-corrected chi connectivity index (χ0v) is 19.0. The monoisotopic (exact) mass is 372 g/mol. The molecule has 0 saturated heterocycles. The van der Waals surface area contributed by atoms with Gasteiger partial charge in [-0.3, -0.25) is 0 Å². The van der Waals surface area contributed by atoms with Crippen LogP contribution in [-0.4, -0.2) is 29.4 Å². The number of unbranched alkanes of at least 4 members (excludes halogenated alkanes) is 8. The molecule has 0 radical (unpaired) electrons. The summed E-state index contributed by atoms with van der Waals surface area (Å²) in [6.45, 7) is 4.29. The molecule has 0 aromatic rings. The van der Waals surface area contributed by atoms with E-state index in [9.17, 15) is 18.1 Å². The van der Waals surface area contributed by atoms with Gasteiger partial charge in [0.15, 0.2) is 0 Å². The van der Waals surface area contributed by atoms with Crippen LogP contribution in [0, 0.1) is 0 Å². The van der Waals surface area contributed by atoms with Gasteiger partial charge in [-0.1, -0.05) is 78.1 Å². The van der Waals surface area contributed by atoms with Crippen LogP contribution in [0.3, 0.4) is 0 Å². The van der Waals surface area contributed by atoms with Crippen molar-refractivity contribution in [1.82, 2.24) is 0 Å². The molecule has 6 heteroatoms. The molecular weight excluding hydrogens is 335 g/mol. The summed E-state index contributed by atoms with van der Waals surface area (Å²) in [7, 11) is -4.25. The molecule has 0 fully saturated rings. The van der Waals surface area contributed by atoms with Gasteiger partial charge in [0.05, 0.1) is 16.2 Å². The second-order valence-corrected chi connectivity index (χ2v) is 8.40. The van der Waals surface area contributed by atoms with Crippen molar-refractivity contribution in [3.05, 3.63) is 0 Å². The Kier molecular flexibility index (Phi) is 19.5. The van der Waals surface area contributed by atoms with E-state index in [0.29, 0.717) is 25.7 Å². The van der Waals surface area contributed by atoms with Crippen molar-refractivity contribution in [2.45, 2.75) is 115 Å². The summed E-state index contributed by atoms with van der Waals surface area (Å²) in [5.74, 6) is 0. The van der Waals surface area contributed by atoms with Crippen LogP contribution in [0.15, 0.2) is 0 Å². The zero-order valence-electron chi connectivity index (χ0n) is 16.1. The van der Waals surface area contributed by atoms with Crippen molar-refractivity contribution >= 4 is 10.1 Å². The minimum atomic E-state index is -4.25. The van der Waals surface area contributed by atoms with Crippen molar-refractivity contribution in [1.29, 1.82) is 0 Å². The molecule has 0 aliphatic heterocycles. The maximum atomic E-state index is 11.4. The minimum Gasteiger partial charge on any atom is -0.748 e. The number of aliphatic hydroxyl groups is 1. The first kappa shape index (κ1) is 27.1. The molecule has 2 atom stereocenters. The topological polar surface area (TPSA) is 77.4 Å². The van der Waals surface area contributed by atoms with Crippen LogP contribution in [0.2, 0.25) is 0 Å². The molecule has 2 unspecified atom stereocenters. The molecule has 0 bridgehead atoms. The van der Waals surface area contributed by atoms with Crippen molar-refractivity contribution < 1.29 is 47.6 Å². The molecule has 0 saturated carbocycles. The second kappa shape index (κ2) is 17.3. The molecule has 1 N–H and O–H groups in total. The van der Waals surface area contributed by atoms with Gasteiger partial charge < -0.3 is 9.66 Å². The third kappa shape index (κ3) is 16.3. The van der Waals surface area contributed by atoms with Gasteiger partial charge in [0.2, 0.25) is 0 Å². The Morgan fingerprint density at radius 3 is 1.75 bits per heavy atom. The molecule has 140 valence electrons. The summed E-state index contributed by atoms with van der Waals surface area (Å²) in [5.41, 5.74) is 0. The standard InChI is InChI=1S/C18H38O4S.Na/c1-3-5-7-8-9-10-12-14-18(23(20,21)22)16-15-17(19)13-11-6-4-2;/h17-19H,3-16H2,1-2H3,(H,20,21,22);/q;+1/p-1. The van der Waals surface area contributed by atoms with E-state index in [-0.39, 0.29) is 29.6 Å². The number of hydrogen-bond donors (Lipinski definition) is 1. The van der Waals surface area contributed by atoms with E-state index >= 15 is 0 Å². The van der Waals surface area contributed by atoms with E-state index in [1.54, 1.807) is 0 Å². The molecule has 0 aliphatic carbocycles. The Morgan fingerprint density at radius 1 is 0.750 bits per heavy atom. The van der Waals surface area contributed by atoms with Crippen LogP contribution in [0.5, 0.6) is 0 Å². The first-order valence-corrected chi connectivity index (χ1v) is 11.0. The zero-order chi connectivity index (χ0) is 17.6. The maximum absolute atomic E-state index is 11.4. The number of aliphatic hydroxyl groups excluding tert-OH is 1. The van der Waals surface area contributed by atoms with Gasteiger partial charge in [-0.2, -0.15) is 0 Å². The summed E-state index contributed by atoms with van der Waals surface area (Å²) >= 11 is 0. The SMILES string of the molecule is CCCCCCCCCC(CCC(O)CCCCC)S(=O)(=O)[O-].[Na+]. The first-order chi connectivity index (χ1) is 10.9. The predicted molar refractivity (Wildman–Crippen MR) is 95.5 cm³/mol. The molecule has 0 heterocycles. The molecule has 0 aromatic carbocycles. The maximum Gasteiger partial charge on any atom is 1.00 e. The van der Waals surface area contributed by atoms with Crippen LogP contribution in [0.4, 0.5) is 0 Å². The van der Waals surface area contributed by atoms with Crippen LogP contribution < -0.4 is 29.6 Å². The fourth-order valence-corrected chi connectivity index (χ4v) is 3.79. The normalized spacial score (nSPS) is 14.2. The quantitative estimate of drug-likeness (QED) is 0.254. The average molecular weight is 373 g/mol. The Hall–Kier alpha value is 0.870. The molecule has 0 spiro atoms. The van der Waals surface area contributed by atoms with Crippen LogP contribution in [0.1, 0.15) is 104 Å². The largest absolute Gasteiger partial charge is 1.00 e. The van der Waals surface area contributed by atoms with Crippen molar-refractivity contribution in [2.75, 3.05) is 0 Å². The van der Waals surface area contributed by atoms with Gasteiger partial charge >= 0.3 is 29.6 Å². The molecule has 0 aromatic heterocycles. The molecule has 0 aliphatic rings. The third-order valence-corrected chi connectivity index (χ3v) is 5.79. The van der Waals surface area contributed by atoms with Crippen molar-refractivity contribution in [2.24, 2.45) is 0 Å². The molecular formula is C18H37NaO4S. The number of hydrogen-bond acceptors (Lipinski definition) is 4. The Morgan fingerprint density at radius 2 is 1.21 bits per heavy atom. The fraction of sp³-hybridized carbons (Fsp3) is 1.00. The smallest absolute Gasteiger partial charge is 0.748 e. The minimum absolute atomic E-state index is 0. The van der Waals surface area contributed by atoms with E-state index in [2.05, 4.69) is 13.8 Å². The van der Waals surface area contributed by atoms with E-state index in [4.69, 9.17) is 0 Å². The van der Waals surface area contributed by atoms with Gasteiger partial charge in [0, 0.05) is 5.25 Å². The number of rotatable bonds is 16. The summed E-state index contributed by atoms with van der Waals surface area (Å²) < 4.78 is 34.1. The van der Waals surface area contributed by atoms with Crippen molar-refractivity contribution in [3.63, 3.8) is 0 Å². The van der Waals surface area contributed by atoms with Crippen LogP contribution in [0.25, 0.3) is 0 Å². The van der Waals surface area contributed by atoms with Crippen molar-refractivity contribution in [3.8, 4) is 0 Å². The van der Waals surface area contributed by atoms with Crippen LogP contribution >= 0.6 is 0 Å². The average Bonchev–Trinajstić information content (AvgIpc) is 2.48. The molecule has 0 rings (SSSR count). The van der Waals surface area contributed by atoms with Gasteiger partial charge in [0.1, 0.15) is 0 Å². The van der Waals surface area contributed by atoms with Gasteiger partial charge in [0.25, 0.3) is 0 Å². The molecule has 4 nitrogen and oxygen atoms in total. The van der Waals surface area contributed by atoms with E-state index in [1.807, 2.05) is 0 Å². The second-order valence-electron chi connectivity index (χ2n) is 6.75. The Bertz CT molecular complexity index is 360. The first-order valence-electron chi connectivity index (χ1n) is 9.54. The van der Waals surface area contributed by atoms with Crippen LogP contribution in [-0.2, 0) is 10.1 Å². The van der Waals surface area contributed by atoms with Gasteiger partial charge in [-0.25, -0.2) is 8.42 Å². The van der Waals surface area contributed by atoms with E-state index in [0.717, 1.165) is 38.5 Å². The predicted octanol–water partition coefficient (Wildman–Crippen LogP) is 1.77. The summed E-state index contributed by atoms with van der Waals surface area (Å²) in [4.78, 5) is 0. The van der Waals surface area contributed by atoms with E-state index in [1.165, 1.54) is 25.7 Å².